The van der Waals surface area contributed by atoms with Crippen LogP contribution in [0.25, 0.3) is 11.0 Å². The van der Waals surface area contributed by atoms with Gasteiger partial charge in [-0.2, -0.15) is 0 Å². The van der Waals surface area contributed by atoms with E-state index >= 15 is 0 Å². The summed E-state index contributed by atoms with van der Waals surface area (Å²) in [6.45, 7) is 2.16. The van der Waals surface area contributed by atoms with Crippen molar-refractivity contribution < 1.29 is 9.15 Å². The average molecular weight is 302 g/mol. The number of ether oxygens (including phenoxy) is 1. The van der Waals surface area contributed by atoms with Gasteiger partial charge in [-0.3, -0.25) is 4.98 Å². The lowest BCUT2D eigenvalue weighted by Gasteiger charge is -2.07. The van der Waals surface area contributed by atoms with E-state index in [1.807, 2.05) is 19.1 Å². The molecule has 0 fully saturated rings. The Morgan fingerprint density at radius 1 is 1.24 bits per heavy atom. The zero-order valence-electron chi connectivity index (χ0n) is 11.3. The van der Waals surface area contributed by atoms with Crippen LogP contribution in [0.1, 0.15) is 11.3 Å². The van der Waals surface area contributed by atoms with Gasteiger partial charge in [-0.05, 0) is 36.8 Å². The molecule has 21 heavy (non-hydrogen) atoms. The molecule has 3 rings (SSSR count). The molecule has 0 radical (unpaired) electrons. The van der Waals surface area contributed by atoms with Crippen molar-refractivity contribution in [3.63, 3.8) is 0 Å². The summed E-state index contributed by atoms with van der Waals surface area (Å²) in [7, 11) is 0. The predicted molar refractivity (Wildman–Crippen MR) is 80.8 cm³/mol. The van der Waals surface area contributed by atoms with E-state index in [-0.39, 0.29) is 5.63 Å². The summed E-state index contributed by atoms with van der Waals surface area (Å²) in [5.74, 6) is 0.609. The topological polar surface area (TPSA) is 52.3 Å². The van der Waals surface area contributed by atoms with Crippen LogP contribution >= 0.6 is 11.6 Å². The second-order valence-electron chi connectivity index (χ2n) is 4.66. The molecule has 1 aromatic carbocycles. The fraction of sp³-hybridized carbons (Fsp3) is 0.125. The Kier molecular flexibility index (Phi) is 3.62. The fourth-order valence-corrected chi connectivity index (χ4v) is 2.26. The maximum atomic E-state index is 11.4. The summed E-state index contributed by atoms with van der Waals surface area (Å²) in [5, 5.41) is 1.51. The zero-order valence-corrected chi connectivity index (χ0v) is 12.1. The molecule has 0 aliphatic carbocycles. The Balaban J connectivity index is 1.86. The first-order valence-corrected chi connectivity index (χ1v) is 6.77. The minimum absolute atomic E-state index is 0.294. The maximum Gasteiger partial charge on any atom is 0.336 e. The summed E-state index contributed by atoms with van der Waals surface area (Å²) < 4.78 is 10.8. The third-order valence-corrected chi connectivity index (χ3v) is 3.32. The lowest BCUT2D eigenvalue weighted by molar-refractivity contribution is 0.301. The van der Waals surface area contributed by atoms with E-state index in [4.69, 9.17) is 20.8 Å². The van der Waals surface area contributed by atoms with Crippen LogP contribution in [0.2, 0.25) is 5.02 Å². The van der Waals surface area contributed by atoms with E-state index in [2.05, 4.69) is 4.98 Å². The molecule has 0 aliphatic heterocycles. The van der Waals surface area contributed by atoms with Crippen molar-refractivity contribution in [3.05, 3.63) is 69.3 Å². The predicted octanol–water partition coefficient (Wildman–Crippen LogP) is 3.73. The number of halogens is 1. The van der Waals surface area contributed by atoms with Crippen molar-refractivity contribution in [2.75, 3.05) is 0 Å². The summed E-state index contributed by atoms with van der Waals surface area (Å²) >= 11 is 5.89. The number of hydrogen-bond donors (Lipinski definition) is 0. The minimum Gasteiger partial charge on any atom is -0.487 e. The van der Waals surface area contributed by atoms with Crippen molar-refractivity contribution in [2.24, 2.45) is 0 Å². The van der Waals surface area contributed by atoms with E-state index in [0.717, 1.165) is 16.6 Å². The molecule has 2 aromatic heterocycles. The van der Waals surface area contributed by atoms with Crippen molar-refractivity contribution in [1.29, 1.82) is 0 Å². The molecule has 2 heterocycles. The number of rotatable bonds is 3. The van der Waals surface area contributed by atoms with Crippen LogP contribution in [0.4, 0.5) is 0 Å². The largest absolute Gasteiger partial charge is 0.487 e. The Morgan fingerprint density at radius 3 is 2.90 bits per heavy atom. The highest BCUT2D eigenvalue weighted by atomic mass is 35.5. The van der Waals surface area contributed by atoms with Gasteiger partial charge in [-0.25, -0.2) is 4.79 Å². The van der Waals surface area contributed by atoms with Crippen LogP contribution in [0.3, 0.4) is 0 Å². The van der Waals surface area contributed by atoms with Crippen molar-refractivity contribution in [1.82, 2.24) is 4.98 Å². The minimum atomic E-state index is -0.367. The number of fused-ring (bicyclic) bond motifs is 1. The first kappa shape index (κ1) is 13.6. The first-order chi connectivity index (χ1) is 10.1. The Morgan fingerprint density at radius 2 is 2.10 bits per heavy atom. The summed E-state index contributed by atoms with van der Waals surface area (Å²) in [6, 6.07) is 10.3. The van der Waals surface area contributed by atoms with Gasteiger partial charge in [0.2, 0.25) is 0 Å². The van der Waals surface area contributed by atoms with Crippen LogP contribution < -0.4 is 10.4 Å². The van der Waals surface area contributed by atoms with Crippen molar-refractivity contribution >= 4 is 22.6 Å². The quantitative estimate of drug-likeness (QED) is 0.692. The van der Waals surface area contributed by atoms with Crippen LogP contribution in [0.15, 0.2) is 51.8 Å². The SMILES string of the molecule is Cc1cc(=O)oc2cc(OCc3cc(Cl)ccn3)ccc12. The monoisotopic (exact) mass is 301 g/mol. The molecule has 4 nitrogen and oxygen atoms in total. The second-order valence-corrected chi connectivity index (χ2v) is 5.10. The number of pyridine rings is 1. The number of aromatic nitrogens is 1. The molecule has 106 valence electrons. The molecule has 0 N–H and O–H groups in total. The molecule has 0 saturated carbocycles. The van der Waals surface area contributed by atoms with Crippen LogP contribution in [0, 0.1) is 6.92 Å². The molecule has 0 aliphatic rings. The molecule has 0 unspecified atom stereocenters. The van der Waals surface area contributed by atoms with Crippen LogP contribution in [-0.2, 0) is 6.61 Å². The van der Waals surface area contributed by atoms with Gasteiger partial charge >= 0.3 is 5.63 Å². The maximum absolute atomic E-state index is 11.4. The highest BCUT2D eigenvalue weighted by Crippen LogP contribution is 2.23. The van der Waals surface area contributed by atoms with E-state index < -0.39 is 0 Å². The highest BCUT2D eigenvalue weighted by molar-refractivity contribution is 6.30. The summed E-state index contributed by atoms with van der Waals surface area (Å²) in [4.78, 5) is 15.6. The molecule has 5 heteroatoms. The zero-order chi connectivity index (χ0) is 14.8. The molecular weight excluding hydrogens is 290 g/mol. The third kappa shape index (κ3) is 3.06. The van der Waals surface area contributed by atoms with E-state index in [9.17, 15) is 4.79 Å². The Hall–Kier alpha value is -2.33. The number of nitrogens with zero attached hydrogens (tertiary/aromatic N) is 1. The van der Waals surface area contributed by atoms with Gasteiger partial charge in [0.05, 0.1) is 5.69 Å². The van der Waals surface area contributed by atoms with Gasteiger partial charge in [-0.15, -0.1) is 0 Å². The first-order valence-electron chi connectivity index (χ1n) is 6.39. The third-order valence-electron chi connectivity index (χ3n) is 3.09. The van der Waals surface area contributed by atoms with Gasteiger partial charge in [0.1, 0.15) is 17.9 Å². The standard InChI is InChI=1S/C16H12ClNO3/c1-10-6-16(19)21-15-8-13(2-3-14(10)15)20-9-12-7-11(17)4-5-18-12/h2-8H,9H2,1H3. The Labute approximate surface area is 126 Å². The molecule has 0 amide bonds. The van der Waals surface area contributed by atoms with E-state index in [0.29, 0.717) is 23.0 Å². The molecule has 0 bridgehead atoms. The van der Waals surface area contributed by atoms with Crippen LogP contribution in [0.5, 0.6) is 5.75 Å². The van der Waals surface area contributed by atoms with Gasteiger partial charge in [0, 0.05) is 28.7 Å². The normalized spacial score (nSPS) is 10.8. The van der Waals surface area contributed by atoms with Gasteiger partial charge in [-0.1, -0.05) is 11.6 Å². The summed E-state index contributed by atoms with van der Waals surface area (Å²) in [5.41, 5.74) is 1.75. The number of aryl methyl sites for hydroxylation is 1. The lowest BCUT2D eigenvalue weighted by atomic mass is 10.1. The number of hydrogen-bond acceptors (Lipinski definition) is 4. The summed E-state index contributed by atoms with van der Waals surface area (Å²) in [6.07, 6.45) is 1.63. The second kappa shape index (κ2) is 5.58. The highest BCUT2D eigenvalue weighted by Gasteiger charge is 2.05. The smallest absolute Gasteiger partial charge is 0.336 e. The van der Waals surface area contributed by atoms with Crippen molar-refractivity contribution in [2.45, 2.75) is 13.5 Å². The van der Waals surface area contributed by atoms with Gasteiger partial charge in [0.15, 0.2) is 0 Å². The molecule has 3 aromatic rings. The number of benzene rings is 1. The van der Waals surface area contributed by atoms with E-state index in [1.165, 1.54) is 6.07 Å². The fourth-order valence-electron chi connectivity index (χ4n) is 2.08. The molecule has 0 atom stereocenters. The van der Waals surface area contributed by atoms with Gasteiger partial charge in [0.25, 0.3) is 0 Å². The average Bonchev–Trinajstić information content (AvgIpc) is 2.44. The van der Waals surface area contributed by atoms with Gasteiger partial charge < -0.3 is 9.15 Å². The molecular formula is C16H12ClNO3. The van der Waals surface area contributed by atoms with E-state index in [1.54, 1.807) is 24.4 Å². The lowest BCUT2D eigenvalue weighted by Crippen LogP contribution is -2.00. The molecule has 0 spiro atoms. The van der Waals surface area contributed by atoms with Crippen LogP contribution in [-0.4, -0.2) is 4.98 Å². The van der Waals surface area contributed by atoms with Crippen molar-refractivity contribution in [3.8, 4) is 5.75 Å². The Bertz CT molecular complexity index is 858. The molecule has 0 saturated heterocycles.